The first-order valence-corrected chi connectivity index (χ1v) is 4.62. The maximum absolute atomic E-state index is 12.6. The van der Waals surface area contributed by atoms with E-state index in [-0.39, 0.29) is 5.56 Å². The molecule has 2 nitrogen and oxygen atoms in total. The Labute approximate surface area is 89.8 Å². The molecule has 0 saturated heterocycles. The lowest BCUT2D eigenvalue weighted by Gasteiger charge is -1.94. The van der Waals surface area contributed by atoms with Gasteiger partial charge in [0.2, 0.25) is 0 Å². The number of nitrogens with one attached hydrogen (secondary N) is 1. The highest BCUT2D eigenvalue weighted by molar-refractivity contribution is 5.75. The van der Waals surface area contributed by atoms with Crippen molar-refractivity contribution in [1.82, 2.24) is 5.32 Å². The molecule has 0 heterocycles. The summed E-state index contributed by atoms with van der Waals surface area (Å²) in [6, 6.07) is 4.51. The molecule has 1 aromatic carbocycles. The average Bonchev–Trinajstić information content (AvgIpc) is 2.20. The second-order valence-electron chi connectivity index (χ2n) is 2.99. The Morgan fingerprint density at radius 3 is 2.53 bits per heavy atom. The van der Waals surface area contributed by atoms with E-state index in [1.54, 1.807) is 13.0 Å². The molecule has 0 unspecified atom stereocenters. The van der Waals surface area contributed by atoms with Crippen LogP contribution in [0.5, 0.6) is 0 Å². The topological polar surface area (TPSA) is 29.1 Å². The fourth-order valence-corrected chi connectivity index (χ4v) is 0.872. The largest absolute Gasteiger partial charge is 0.316 e. The summed E-state index contributed by atoms with van der Waals surface area (Å²) in [5.41, 5.74) is 0.939. The van der Waals surface area contributed by atoms with Crippen LogP contribution in [0.15, 0.2) is 30.9 Å². The van der Waals surface area contributed by atoms with Gasteiger partial charge in [-0.2, -0.15) is 0 Å². The summed E-state index contributed by atoms with van der Waals surface area (Å²) in [6.45, 7) is 6.17. The molecule has 0 spiro atoms. The number of halogens is 1. The van der Waals surface area contributed by atoms with Crippen molar-refractivity contribution in [2.75, 3.05) is 13.6 Å². The minimum atomic E-state index is -0.449. The normalized spacial score (nSPS) is 8.73. The Balaban J connectivity index is 0.000000336. The number of aldehydes is 1. The van der Waals surface area contributed by atoms with E-state index in [0.717, 1.165) is 12.1 Å². The van der Waals surface area contributed by atoms with E-state index in [1.165, 1.54) is 12.1 Å². The Morgan fingerprint density at radius 1 is 1.53 bits per heavy atom. The van der Waals surface area contributed by atoms with Gasteiger partial charge in [-0.25, -0.2) is 4.39 Å². The Hall–Kier alpha value is -1.48. The molecule has 15 heavy (non-hydrogen) atoms. The van der Waals surface area contributed by atoms with Gasteiger partial charge in [-0.05, 0) is 31.7 Å². The lowest BCUT2D eigenvalue weighted by Crippen LogP contribution is -2.02. The van der Waals surface area contributed by atoms with Gasteiger partial charge in [0.15, 0.2) is 6.29 Å². The van der Waals surface area contributed by atoms with Crippen LogP contribution in [-0.2, 0) is 0 Å². The molecule has 0 aliphatic rings. The standard InChI is InChI=1S/C8H7FO.C4H9N/c1-6-2-3-7(5-10)8(9)4-6;1-3-4-5-2/h2-5H,1H3;3,5H,1,4H2,2H3. The molecule has 0 fully saturated rings. The minimum Gasteiger partial charge on any atom is -0.316 e. The number of carbonyl (C=O) groups excluding carboxylic acids is 1. The summed E-state index contributed by atoms with van der Waals surface area (Å²) in [5.74, 6) is -0.449. The van der Waals surface area contributed by atoms with Crippen LogP contribution >= 0.6 is 0 Å². The molecule has 0 bridgehead atoms. The Kier molecular flexibility index (Phi) is 7.10. The molecule has 0 radical (unpaired) electrons. The number of benzene rings is 1. The van der Waals surface area contributed by atoms with Gasteiger partial charge < -0.3 is 5.32 Å². The lowest BCUT2D eigenvalue weighted by molar-refractivity contribution is 0.112. The third-order valence-corrected chi connectivity index (χ3v) is 1.63. The molecular formula is C12H16FNO. The first-order valence-electron chi connectivity index (χ1n) is 4.62. The van der Waals surface area contributed by atoms with E-state index in [2.05, 4.69) is 11.9 Å². The predicted octanol–water partition coefficient (Wildman–Crippen LogP) is 2.34. The quantitative estimate of drug-likeness (QED) is 0.611. The smallest absolute Gasteiger partial charge is 0.152 e. The van der Waals surface area contributed by atoms with Crippen LogP contribution in [0.1, 0.15) is 15.9 Å². The number of aryl methyl sites for hydroxylation is 1. The van der Waals surface area contributed by atoms with Crippen LogP contribution in [0, 0.1) is 12.7 Å². The van der Waals surface area contributed by atoms with E-state index in [0.29, 0.717) is 6.29 Å². The van der Waals surface area contributed by atoms with Crippen molar-refractivity contribution in [3.05, 3.63) is 47.8 Å². The maximum Gasteiger partial charge on any atom is 0.152 e. The van der Waals surface area contributed by atoms with Crippen LogP contribution in [0.3, 0.4) is 0 Å². The summed E-state index contributed by atoms with van der Waals surface area (Å²) in [7, 11) is 1.89. The van der Waals surface area contributed by atoms with Crippen molar-refractivity contribution in [1.29, 1.82) is 0 Å². The molecule has 1 N–H and O–H groups in total. The van der Waals surface area contributed by atoms with Crippen LogP contribution in [0.2, 0.25) is 0 Å². The predicted molar refractivity (Wildman–Crippen MR) is 60.6 cm³/mol. The van der Waals surface area contributed by atoms with Gasteiger partial charge in [-0.1, -0.05) is 12.1 Å². The minimum absolute atomic E-state index is 0.116. The molecule has 3 heteroatoms. The van der Waals surface area contributed by atoms with Crippen LogP contribution < -0.4 is 5.32 Å². The zero-order valence-electron chi connectivity index (χ0n) is 9.09. The summed E-state index contributed by atoms with van der Waals surface area (Å²) in [4.78, 5) is 10.1. The molecule has 0 aliphatic heterocycles. The fourth-order valence-electron chi connectivity index (χ4n) is 0.872. The summed E-state index contributed by atoms with van der Waals surface area (Å²) >= 11 is 0. The van der Waals surface area contributed by atoms with Crippen LogP contribution in [-0.4, -0.2) is 19.9 Å². The fraction of sp³-hybridized carbons (Fsp3) is 0.250. The second-order valence-corrected chi connectivity index (χ2v) is 2.99. The van der Waals surface area contributed by atoms with Gasteiger partial charge in [-0.15, -0.1) is 6.58 Å². The van der Waals surface area contributed by atoms with E-state index in [4.69, 9.17) is 0 Å². The van der Waals surface area contributed by atoms with Crippen LogP contribution in [0.4, 0.5) is 4.39 Å². The highest BCUT2D eigenvalue weighted by Gasteiger charge is 1.98. The van der Waals surface area contributed by atoms with E-state index in [1.807, 2.05) is 13.1 Å². The van der Waals surface area contributed by atoms with Crippen LogP contribution in [0.25, 0.3) is 0 Å². The van der Waals surface area contributed by atoms with Gasteiger partial charge >= 0.3 is 0 Å². The van der Waals surface area contributed by atoms with Gasteiger partial charge in [0.05, 0.1) is 5.56 Å². The van der Waals surface area contributed by atoms with Gasteiger partial charge in [0.1, 0.15) is 5.82 Å². The molecule has 82 valence electrons. The third-order valence-electron chi connectivity index (χ3n) is 1.63. The molecular weight excluding hydrogens is 193 g/mol. The molecule has 0 atom stereocenters. The van der Waals surface area contributed by atoms with Crippen molar-refractivity contribution in [2.45, 2.75) is 6.92 Å². The number of hydrogen-bond acceptors (Lipinski definition) is 2. The molecule has 0 aliphatic carbocycles. The third kappa shape index (κ3) is 5.75. The highest BCUT2D eigenvalue weighted by Crippen LogP contribution is 2.06. The second kappa shape index (κ2) is 7.88. The molecule has 1 aromatic rings. The number of carbonyl (C=O) groups is 1. The Bertz CT molecular complexity index is 323. The zero-order chi connectivity index (χ0) is 11.7. The van der Waals surface area contributed by atoms with Crippen molar-refractivity contribution in [3.63, 3.8) is 0 Å². The number of rotatable bonds is 3. The lowest BCUT2D eigenvalue weighted by atomic mass is 10.1. The van der Waals surface area contributed by atoms with E-state index >= 15 is 0 Å². The van der Waals surface area contributed by atoms with E-state index < -0.39 is 5.82 Å². The van der Waals surface area contributed by atoms with Gasteiger partial charge in [0, 0.05) is 6.54 Å². The Morgan fingerprint density at radius 2 is 2.20 bits per heavy atom. The number of likely N-dealkylation sites (N-methyl/N-ethyl adjacent to an activating group) is 1. The van der Waals surface area contributed by atoms with E-state index in [9.17, 15) is 9.18 Å². The first kappa shape index (κ1) is 13.5. The summed E-state index contributed by atoms with van der Waals surface area (Å²) in [5, 5.41) is 2.90. The summed E-state index contributed by atoms with van der Waals surface area (Å²) < 4.78 is 12.6. The average molecular weight is 209 g/mol. The van der Waals surface area contributed by atoms with Crippen molar-refractivity contribution >= 4 is 6.29 Å². The molecule has 1 rings (SSSR count). The molecule has 0 saturated carbocycles. The number of hydrogen-bond donors (Lipinski definition) is 1. The monoisotopic (exact) mass is 209 g/mol. The van der Waals surface area contributed by atoms with Crippen molar-refractivity contribution in [2.24, 2.45) is 0 Å². The zero-order valence-corrected chi connectivity index (χ0v) is 9.09. The van der Waals surface area contributed by atoms with Gasteiger partial charge in [-0.3, -0.25) is 4.79 Å². The molecule has 0 aromatic heterocycles. The van der Waals surface area contributed by atoms with Crippen molar-refractivity contribution in [3.8, 4) is 0 Å². The SMILES string of the molecule is C=CCNC.Cc1ccc(C=O)c(F)c1. The van der Waals surface area contributed by atoms with Crippen molar-refractivity contribution < 1.29 is 9.18 Å². The molecule has 0 amide bonds. The first-order chi connectivity index (χ1) is 7.15. The highest BCUT2D eigenvalue weighted by atomic mass is 19.1. The summed E-state index contributed by atoms with van der Waals surface area (Å²) in [6.07, 6.45) is 2.33. The van der Waals surface area contributed by atoms with Gasteiger partial charge in [0.25, 0.3) is 0 Å². The maximum atomic E-state index is 12.6.